The molecular weight excluding hydrogens is 250 g/mol. The van der Waals surface area contributed by atoms with E-state index in [0.717, 1.165) is 38.9 Å². The first-order valence-corrected chi connectivity index (χ1v) is 7.26. The minimum absolute atomic E-state index is 0.147. The summed E-state index contributed by atoms with van der Waals surface area (Å²) in [6, 6.07) is 10.3. The van der Waals surface area contributed by atoms with E-state index in [1.54, 1.807) is 0 Å². The number of hydrogen-bond acceptors (Lipinski definition) is 3. The summed E-state index contributed by atoms with van der Waals surface area (Å²) < 4.78 is 0. The van der Waals surface area contributed by atoms with Gasteiger partial charge in [-0.2, -0.15) is 5.26 Å². The molecule has 1 saturated carbocycles. The molecule has 1 N–H and O–H groups in total. The second kappa shape index (κ2) is 5.64. The minimum Gasteiger partial charge on any atom is -0.353 e. The van der Waals surface area contributed by atoms with Crippen LogP contribution in [0.2, 0.25) is 0 Å². The Bertz CT molecular complexity index is 528. The van der Waals surface area contributed by atoms with E-state index in [9.17, 15) is 4.79 Å². The van der Waals surface area contributed by atoms with Crippen LogP contribution in [0.5, 0.6) is 0 Å². The van der Waals surface area contributed by atoms with Crippen LogP contribution in [0.3, 0.4) is 0 Å². The Morgan fingerprint density at radius 2 is 2.05 bits per heavy atom. The molecule has 1 saturated heterocycles. The SMILES string of the molecule is N#Cc1ccc(CN2CCC(C(=O)NC3CC3)C2)cc1. The first kappa shape index (κ1) is 13.1. The van der Waals surface area contributed by atoms with Crippen LogP contribution in [0.15, 0.2) is 24.3 Å². The van der Waals surface area contributed by atoms with Gasteiger partial charge in [0.1, 0.15) is 0 Å². The average Bonchev–Trinajstić information content (AvgIpc) is 3.15. The second-order valence-electron chi connectivity index (χ2n) is 5.81. The van der Waals surface area contributed by atoms with Crippen LogP contribution < -0.4 is 5.32 Å². The van der Waals surface area contributed by atoms with Crippen LogP contribution in [0.25, 0.3) is 0 Å². The molecule has 20 heavy (non-hydrogen) atoms. The van der Waals surface area contributed by atoms with Crippen molar-refractivity contribution in [2.45, 2.75) is 31.8 Å². The summed E-state index contributed by atoms with van der Waals surface area (Å²) in [4.78, 5) is 14.3. The summed E-state index contributed by atoms with van der Waals surface area (Å²) in [5.41, 5.74) is 1.89. The van der Waals surface area contributed by atoms with E-state index in [1.807, 2.05) is 24.3 Å². The van der Waals surface area contributed by atoms with E-state index in [-0.39, 0.29) is 11.8 Å². The minimum atomic E-state index is 0.147. The number of amides is 1. The quantitative estimate of drug-likeness (QED) is 0.904. The molecule has 4 nitrogen and oxygen atoms in total. The maximum absolute atomic E-state index is 12.0. The zero-order chi connectivity index (χ0) is 13.9. The lowest BCUT2D eigenvalue weighted by Gasteiger charge is -2.16. The predicted molar refractivity (Wildman–Crippen MR) is 75.7 cm³/mol. The Morgan fingerprint density at radius 3 is 2.70 bits per heavy atom. The van der Waals surface area contributed by atoms with Crippen LogP contribution in [-0.4, -0.2) is 29.9 Å². The molecule has 1 heterocycles. The number of likely N-dealkylation sites (tertiary alicyclic amines) is 1. The fourth-order valence-electron chi connectivity index (χ4n) is 2.68. The number of nitrogens with one attached hydrogen (secondary N) is 1. The molecule has 104 valence electrons. The molecule has 0 spiro atoms. The van der Waals surface area contributed by atoms with Gasteiger partial charge in [0.05, 0.1) is 17.6 Å². The highest BCUT2D eigenvalue weighted by molar-refractivity contribution is 5.79. The summed E-state index contributed by atoms with van der Waals surface area (Å²) in [6.45, 7) is 2.68. The lowest BCUT2D eigenvalue weighted by molar-refractivity contribution is -0.124. The zero-order valence-corrected chi connectivity index (χ0v) is 11.5. The van der Waals surface area contributed by atoms with Gasteiger partial charge in [0, 0.05) is 19.1 Å². The summed E-state index contributed by atoms with van der Waals surface area (Å²) in [6.07, 6.45) is 3.25. The van der Waals surface area contributed by atoms with E-state index >= 15 is 0 Å². The van der Waals surface area contributed by atoms with Crippen molar-refractivity contribution < 1.29 is 4.79 Å². The van der Waals surface area contributed by atoms with Crippen LogP contribution in [-0.2, 0) is 11.3 Å². The van der Waals surface area contributed by atoms with Crippen molar-refractivity contribution in [1.82, 2.24) is 10.2 Å². The van der Waals surface area contributed by atoms with Gasteiger partial charge in [0.25, 0.3) is 0 Å². The third-order valence-electron chi connectivity index (χ3n) is 4.06. The molecule has 4 heteroatoms. The maximum Gasteiger partial charge on any atom is 0.224 e. The van der Waals surface area contributed by atoms with Crippen LogP contribution in [0.1, 0.15) is 30.4 Å². The molecule has 2 aliphatic rings. The van der Waals surface area contributed by atoms with Crippen molar-refractivity contribution in [1.29, 1.82) is 5.26 Å². The molecule has 1 atom stereocenters. The van der Waals surface area contributed by atoms with Crippen LogP contribution in [0, 0.1) is 17.2 Å². The topological polar surface area (TPSA) is 56.1 Å². The maximum atomic E-state index is 12.0. The number of carbonyl (C=O) groups is 1. The van der Waals surface area contributed by atoms with E-state index in [4.69, 9.17) is 5.26 Å². The molecule has 2 fully saturated rings. The fourth-order valence-corrected chi connectivity index (χ4v) is 2.68. The first-order valence-electron chi connectivity index (χ1n) is 7.26. The summed E-state index contributed by atoms with van der Waals surface area (Å²) in [7, 11) is 0. The molecule has 0 radical (unpaired) electrons. The van der Waals surface area contributed by atoms with Gasteiger partial charge >= 0.3 is 0 Å². The van der Waals surface area contributed by atoms with Crippen LogP contribution >= 0.6 is 0 Å². The molecule has 0 aromatic heterocycles. The number of carbonyl (C=O) groups excluding carboxylic acids is 1. The number of nitriles is 1. The van der Waals surface area contributed by atoms with Crippen molar-refractivity contribution in [3.8, 4) is 6.07 Å². The second-order valence-corrected chi connectivity index (χ2v) is 5.81. The third kappa shape index (κ3) is 3.17. The zero-order valence-electron chi connectivity index (χ0n) is 11.5. The highest BCUT2D eigenvalue weighted by atomic mass is 16.2. The normalized spacial score (nSPS) is 22.4. The highest BCUT2D eigenvalue weighted by Crippen LogP contribution is 2.23. The molecule has 1 aromatic carbocycles. The van der Waals surface area contributed by atoms with Gasteiger partial charge < -0.3 is 5.32 Å². The summed E-state index contributed by atoms with van der Waals surface area (Å²) >= 11 is 0. The van der Waals surface area contributed by atoms with E-state index in [1.165, 1.54) is 5.56 Å². The van der Waals surface area contributed by atoms with E-state index < -0.39 is 0 Å². The standard InChI is InChI=1S/C16H19N3O/c17-9-12-1-3-13(4-2-12)10-19-8-7-14(11-19)16(20)18-15-5-6-15/h1-4,14-15H,5-8,10-11H2,(H,18,20). The molecule has 1 amide bonds. The average molecular weight is 269 g/mol. The summed E-state index contributed by atoms with van der Waals surface area (Å²) in [5, 5.41) is 11.9. The Labute approximate surface area is 119 Å². The lowest BCUT2D eigenvalue weighted by Crippen LogP contribution is -2.34. The Kier molecular flexibility index (Phi) is 3.70. The third-order valence-corrected chi connectivity index (χ3v) is 4.06. The van der Waals surface area contributed by atoms with Crippen molar-refractivity contribution >= 4 is 5.91 Å². The number of nitrogens with zero attached hydrogens (tertiary/aromatic N) is 2. The van der Waals surface area contributed by atoms with Crippen molar-refractivity contribution in [3.63, 3.8) is 0 Å². The van der Waals surface area contributed by atoms with Gasteiger partial charge in [-0.15, -0.1) is 0 Å². The first-order chi connectivity index (χ1) is 9.74. The van der Waals surface area contributed by atoms with Gasteiger partial charge in [-0.1, -0.05) is 12.1 Å². The monoisotopic (exact) mass is 269 g/mol. The highest BCUT2D eigenvalue weighted by Gasteiger charge is 2.31. The largest absolute Gasteiger partial charge is 0.353 e. The van der Waals surface area contributed by atoms with E-state index in [2.05, 4.69) is 16.3 Å². The molecular formula is C16H19N3O. The van der Waals surface area contributed by atoms with Gasteiger partial charge in [-0.05, 0) is 43.5 Å². The Morgan fingerprint density at radius 1 is 1.30 bits per heavy atom. The predicted octanol–water partition coefficient (Wildman–Crippen LogP) is 1.66. The Balaban J connectivity index is 1.51. The van der Waals surface area contributed by atoms with Crippen molar-refractivity contribution in [2.75, 3.05) is 13.1 Å². The Hall–Kier alpha value is -1.86. The van der Waals surface area contributed by atoms with Crippen molar-refractivity contribution in [2.24, 2.45) is 5.92 Å². The van der Waals surface area contributed by atoms with E-state index in [0.29, 0.717) is 11.6 Å². The molecule has 1 unspecified atom stereocenters. The summed E-state index contributed by atoms with van der Waals surface area (Å²) in [5.74, 6) is 0.379. The molecule has 1 aliphatic heterocycles. The number of benzene rings is 1. The van der Waals surface area contributed by atoms with Gasteiger partial charge in [-0.25, -0.2) is 0 Å². The molecule has 1 aliphatic carbocycles. The number of rotatable bonds is 4. The molecule has 3 rings (SSSR count). The lowest BCUT2D eigenvalue weighted by atomic mass is 10.1. The smallest absolute Gasteiger partial charge is 0.224 e. The number of hydrogen-bond donors (Lipinski definition) is 1. The van der Waals surface area contributed by atoms with Gasteiger partial charge in [-0.3, -0.25) is 9.69 Å². The fraction of sp³-hybridized carbons (Fsp3) is 0.500. The molecule has 1 aromatic rings. The van der Waals surface area contributed by atoms with Crippen LogP contribution in [0.4, 0.5) is 0 Å². The van der Waals surface area contributed by atoms with Crippen molar-refractivity contribution in [3.05, 3.63) is 35.4 Å². The van der Waals surface area contributed by atoms with Gasteiger partial charge in [0.15, 0.2) is 0 Å². The van der Waals surface area contributed by atoms with Gasteiger partial charge in [0.2, 0.25) is 5.91 Å². The molecule has 0 bridgehead atoms.